The van der Waals surface area contributed by atoms with Crippen LogP contribution in [0.15, 0.2) is 0 Å². The summed E-state index contributed by atoms with van der Waals surface area (Å²) in [5.74, 6) is -0.171. The van der Waals surface area contributed by atoms with Crippen molar-refractivity contribution in [3.8, 4) is 0 Å². The smallest absolute Gasteiger partial charge is 0.404 e. The molecule has 0 spiro atoms. The van der Waals surface area contributed by atoms with Crippen molar-refractivity contribution in [3.63, 3.8) is 0 Å². The summed E-state index contributed by atoms with van der Waals surface area (Å²) < 4.78 is 4.61. The highest BCUT2D eigenvalue weighted by molar-refractivity contribution is 6.61. The van der Waals surface area contributed by atoms with Crippen LogP contribution in [-0.2, 0) is 9.53 Å². The fourth-order valence-corrected chi connectivity index (χ4v) is 1.32. The Morgan fingerprint density at radius 2 is 2.42 bits per heavy atom. The molecule has 0 N–H and O–H groups in total. The van der Waals surface area contributed by atoms with E-state index < -0.39 is 11.5 Å². The first kappa shape index (κ1) is 9.32. The first-order chi connectivity index (χ1) is 5.61. The molecule has 1 aliphatic rings. The maximum atomic E-state index is 11.3. The molecule has 1 atom stereocenters. The van der Waals surface area contributed by atoms with Crippen LogP contribution in [0.2, 0.25) is 0 Å². The monoisotopic (exact) mass is 191 g/mol. The molecule has 12 heavy (non-hydrogen) atoms. The first-order valence-electron chi connectivity index (χ1n) is 3.72. The second kappa shape index (κ2) is 3.76. The summed E-state index contributed by atoms with van der Waals surface area (Å²) in [4.78, 5) is 23.1. The van der Waals surface area contributed by atoms with Crippen LogP contribution in [0, 0.1) is 0 Å². The van der Waals surface area contributed by atoms with Crippen molar-refractivity contribution in [2.24, 2.45) is 0 Å². The van der Waals surface area contributed by atoms with Crippen LogP contribution in [0.1, 0.15) is 12.8 Å². The van der Waals surface area contributed by atoms with Gasteiger partial charge in [-0.15, -0.1) is 0 Å². The molecule has 1 heterocycles. The molecule has 0 saturated carbocycles. The van der Waals surface area contributed by atoms with E-state index in [1.54, 1.807) is 7.05 Å². The maximum absolute atomic E-state index is 11.3. The number of hydrogen-bond donors (Lipinski definition) is 0. The number of amides is 1. The predicted octanol–water partition coefficient (Wildman–Crippen LogP) is 0.983. The largest absolute Gasteiger partial charge is 0.440 e. The molecule has 1 saturated heterocycles. The normalized spacial score (nSPS) is 24.0. The zero-order chi connectivity index (χ0) is 9.14. The number of halogens is 1. The average molecular weight is 192 g/mol. The van der Waals surface area contributed by atoms with Crippen molar-refractivity contribution in [3.05, 3.63) is 0 Å². The third kappa shape index (κ3) is 2.11. The minimum atomic E-state index is -0.913. The minimum Gasteiger partial charge on any atom is -0.440 e. The van der Waals surface area contributed by atoms with E-state index in [1.807, 2.05) is 0 Å². The fourth-order valence-electron chi connectivity index (χ4n) is 1.21. The highest BCUT2D eigenvalue weighted by atomic mass is 35.5. The Bertz CT molecular complexity index is 207. The SMILES string of the molecule is CN1CCCC(OC(=O)Cl)C1=O. The summed E-state index contributed by atoms with van der Waals surface area (Å²) in [6.07, 6.45) is 0.743. The first-order valence-corrected chi connectivity index (χ1v) is 4.10. The van der Waals surface area contributed by atoms with Crippen LogP contribution >= 0.6 is 11.6 Å². The Kier molecular flexibility index (Phi) is 2.92. The maximum Gasteiger partial charge on any atom is 0.404 e. The molecule has 0 aliphatic carbocycles. The van der Waals surface area contributed by atoms with Crippen molar-refractivity contribution in [1.82, 2.24) is 4.90 Å². The van der Waals surface area contributed by atoms with Gasteiger partial charge in [-0.25, -0.2) is 4.79 Å². The molecule has 1 unspecified atom stereocenters. The van der Waals surface area contributed by atoms with Gasteiger partial charge in [0.15, 0.2) is 6.10 Å². The van der Waals surface area contributed by atoms with Crippen molar-refractivity contribution in [2.75, 3.05) is 13.6 Å². The Hall–Kier alpha value is -0.770. The lowest BCUT2D eigenvalue weighted by molar-refractivity contribution is -0.141. The lowest BCUT2D eigenvalue weighted by atomic mass is 10.1. The molecule has 0 aromatic heterocycles. The van der Waals surface area contributed by atoms with Crippen LogP contribution in [0.5, 0.6) is 0 Å². The Balaban J connectivity index is 2.52. The summed E-state index contributed by atoms with van der Waals surface area (Å²) in [7, 11) is 1.68. The summed E-state index contributed by atoms with van der Waals surface area (Å²) in [5.41, 5.74) is -0.913. The predicted molar refractivity (Wildman–Crippen MR) is 43.0 cm³/mol. The third-order valence-corrected chi connectivity index (χ3v) is 1.94. The number of carbonyl (C=O) groups is 2. The highest BCUT2D eigenvalue weighted by Gasteiger charge is 2.28. The molecule has 0 radical (unpaired) electrons. The number of ether oxygens (including phenoxy) is 1. The molecule has 1 fully saturated rings. The van der Waals surface area contributed by atoms with E-state index in [0.29, 0.717) is 6.42 Å². The van der Waals surface area contributed by atoms with Gasteiger partial charge in [-0.3, -0.25) is 4.79 Å². The molecular formula is C7H10ClNO3. The summed E-state index contributed by atoms with van der Waals surface area (Å²) in [5, 5.41) is 0. The van der Waals surface area contributed by atoms with E-state index in [1.165, 1.54) is 4.90 Å². The zero-order valence-corrected chi connectivity index (χ0v) is 7.50. The van der Waals surface area contributed by atoms with Gasteiger partial charge in [-0.1, -0.05) is 0 Å². The molecule has 1 aliphatic heterocycles. The van der Waals surface area contributed by atoms with Crippen LogP contribution < -0.4 is 0 Å². The van der Waals surface area contributed by atoms with Crippen molar-refractivity contribution in [1.29, 1.82) is 0 Å². The quantitative estimate of drug-likeness (QED) is 0.581. The molecule has 0 aromatic rings. The zero-order valence-electron chi connectivity index (χ0n) is 6.75. The van der Waals surface area contributed by atoms with E-state index in [-0.39, 0.29) is 5.91 Å². The van der Waals surface area contributed by atoms with Gasteiger partial charge in [-0.2, -0.15) is 0 Å². The van der Waals surface area contributed by atoms with Gasteiger partial charge in [0, 0.05) is 25.2 Å². The van der Waals surface area contributed by atoms with Crippen LogP contribution in [0.3, 0.4) is 0 Å². The Morgan fingerprint density at radius 3 is 3.00 bits per heavy atom. The standard InChI is InChI=1S/C7H10ClNO3/c1-9-4-2-3-5(6(9)10)12-7(8)11/h5H,2-4H2,1H3. The van der Waals surface area contributed by atoms with E-state index in [0.717, 1.165) is 13.0 Å². The van der Waals surface area contributed by atoms with Gasteiger partial charge in [0.25, 0.3) is 5.91 Å². The number of piperidine rings is 1. The molecule has 1 amide bonds. The van der Waals surface area contributed by atoms with E-state index in [4.69, 9.17) is 11.6 Å². The van der Waals surface area contributed by atoms with E-state index in [9.17, 15) is 9.59 Å². The summed E-state index contributed by atoms with van der Waals surface area (Å²) in [6, 6.07) is 0. The molecule has 4 nitrogen and oxygen atoms in total. The third-order valence-electron chi connectivity index (χ3n) is 1.85. The number of rotatable bonds is 1. The van der Waals surface area contributed by atoms with Crippen LogP contribution in [-0.4, -0.2) is 35.9 Å². The van der Waals surface area contributed by atoms with Crippen LogP contribution in [0.25, 0.3) is 0 Å². The Morgan fingerprint density at radius 1 is 1.75 bits per heavy atom. The second-order valence-corrected chi connectivity index (χ2v) is 3.05. The Labute approximate surface area is 75.4 Å². The fraction of sp³-hybridized carbons (Fsp3) is 0.714. The number of carbonyl (C=O) groups excluding carboxylic acids is 2. The van der Waals surface area contributed by atoms with Crippen molar-refractivity contribution in [2.45, 2.75) is 18.9 Å². The van der Waals surface area contributed by atoms with Crippen LogP contribution in [0.4, 0.5) is 4.79 Å². The second-order valence-electron chi connectivity index (χ2n) is 2.75. The molecule has 5 heteroatoms. The average Bonchev–Trinajstić information content (AvgIpc) is 1.98. The van der Waals surface area contributed by atoms with Gasteiger partial charge < -0.3 is 9.64 Å². The minimum absolute atomic E-state index is 0.171. The van der Waals surface area contributed by atoms with E-state index in [2.05, 4.69) is 4.74 Å². The molecular weight excluding hydrogens is 182 g/mol. The number of hydrogen-bond acceptors (Lipinski definition) is 3. The molecule has 0 bridgehead atoms. The number of likely N-dealkylation sites (tertiary alicyclic amines) is 1. The molecule has 68 valence electrons. The highest BCUT2D eigenvalue weighted by Crippen LogP contribution is 2.14. The lowest BCUT2D eigenvalue weighted by Crippen LogP contribution is -2.43. The van der Waals surface area contributed by atoms with Crippen molar-refractivity contribution >= 4 is 22.9 Å². The number of nitrogens with zero attached hydrogens (tertiary/aromatic N) is 1. The molecule has 1 rings (SSSR count). The van der Waals surface area contributed by atoms with Gasteiger partial charge in [-0.05, 0) is 12.8 Å². The number of likely N-dealkylation sites (N-methyl/N-ethyl adjacent to an activating group) is 1. The topological polar surface area (TPSA) is 46.6 Å². The van der Waals surface area contributed by atoms with Gasteiger partial charge >= 0.3 is 5.43 Å². The van der Waals surface area contributed by atoms with Gasteiger partial charge in [0.05, 0.1) is 0 Å². The summed E-state index contributed by atoms with van der Waals surface area (Å²) >= 11 is 4.99. The van der Waals surface area contributed by atoms with Gasteiger partial charge in [0.2, 0.25) is 0 Å². The lowest BCUT2D eigenvalue weighted by Gasteiger charge is -2.27. The van der Waals surface area contributed by atoms with Gasteiger partial charge in [0.1, 0.15) is 0 Å². The molecule has 0 aromatic carbocycles. The summed E-state index contributed by atoms with van der Waals surface area (Å²) in [6.45, 7) is 0.717. The van der Waals surface area contributed by atoms with E-state index >= 15 is 0 Å². The van der Waals surface area contributed by atoms with Crippen molar-refractivity contribution < 1.29 is 14.3 Å².